The summed E-state index contributed by atoms with van der Waals surface area (Å²) in [4.78, 5) is 14.6. The Morgan fingerprint density at radius 1 is 0.926 bits per heavy atom. The number of rotatable bonds is 3. The molecule has 0 heterocycles. The molecule has 0 unspecified atom stereocenters. The van der Waals surface area contributed by atoms with Gasteiger partial charge in [-0.05, 0) is 28.5 Å². The highest BCUT2D eigenvalue weighted by Gasteiger charge is 2.28. The quantitative estimate of drug-likeness (QED) is 0.329. The first-order valence-corrected chi connectivity index (χ1v) is 8.71. The summed E-state index contributed by atoms with van der Waals surface area (Å²) in [6, 6.07) is 7.72. The first-order valence-electron chi connectivity index (χ1n) is 8.71. The summed E-state index contributed by atoms with van der Waals surface area (Å²) in [5.74, 6) is -0.362. The summed E-state index contributed by atoms with van der Waals surface area (Å²) in [7, 11) is 0. The van der Waals surface area contributed by atoms with Crippen LogP contribution in [0, 0.1) is 10.1 Å². The van der Waals surface area contributed by atoms with E-state index in [9.17, 15) is 20.3 Å². The first-order chi connectivity index (χ1) is 12.3. The highest BCUT2D eigenvalue weighted by atomic mass is 16.6. The van der Waals surface area contributed by atoms with Gasteiger partial charge in [0.1, 0.15) is 0 Å². The van der Waals surface area contributed by atoms with Gasteiger partial charge in [-0.3, -0.25) is 15.1 Å². The van der Waals surface area contributed by atoms with Crippen LogP contribution in [-0.4, -0.2) is 21.4 Å². The lowest BCUT2D eigenvalue weighted by Crippen LogP contribution is -2.19. The van der Waals surface area contributed by atoms with Crippen molar-refractivity contribution >= 4 is 17.6 Å². The molecule has 0 spiro atoms. The Hall–Kier alpha value is -2.89. The van der Waals surface area contributed by atoms with Crippen molar-refractivity contribution in [1.29, 1.82) is 0 Å². The van der Waals surface area contributed by atoms with Crippen LogP contribution in [0.15, 0.2) is 35.3 Å². The molecule has 0 saturated carbocycles. The zero-order valence-electron chi connectivity index (χ0n) is 16.6. The number of hydrogen-bond donors (Lipinski definition) is 2. The van der Waals surface area contributed by atoms with E-state index in [1.807, 2.05) is 47.6 Å². The number of phenols is 2. The fourth-order valence-corrected chi connectivity index (χ4v) is 2.80. The molecular formula is C21H26N2O4. The molecule has 0 saturated heterocycles. The Morgan fingerprint density at radius 2 is 1.44 bits per heavy atom. The first kappa shape index (κ1) is 20.4. The highest BCUT2D eigenvalue weighted by Crippen LogP contribution is 2.43. The van der Waals surface area contributed by atoms with Gasteiger partial charge in [0.15, 0.2) is 11.5 Å². The van der Waals surface area contributed by atoms with E-state index in [-0.39, 0.29) is 28.0 Å². The largest absolute Gasteiger partial charge is 0.504 e. The molecule has 27 heavy (non-hydrogen) atoms. The van der Waals surface area contributed by atoms with Crippen molar-refractivity contribution in [3.8, 4) is 11.5 Å². The van der Waals surface area contributed by atoms with Crippen molar-refractivity contribution < 1.29 is 15.1 Å². The molecule has 2 N–H and O–H groups in total. The zero-order valence-corrected chi connectivity index (χ0v) is 16.6. The summed E-state index contributed by atoms with van der Waals surface area (Å²) in [6.07, 6.45) is 1.49. The molecule has 144 valence electrons. The minimum absolute atomic E-state index is 0.0145. The van der Waals surface area contributed by atoms with E-state index in [4.69, 9.17) is 0 Å². The molecule has 6 heteroatoms. The molecule has 0 amide bonds. The predicted octanol–water partition coefficient (Wildman–Crippen LogP) is 5.35. The SMILES string of the molecule is CC(C)(C)c1cc(C(C)(C)C)c(C=Nc2ccc([N+](=O)[O-])cc2)c(O)c1O. The maximum absolute atomic E-state index is 10.7. The van der Waals surface area contributed by atoms with Crippen molar-refractivity contribution in [2.24, 2.45) is 4.99 Å². The maximum atomic E-state index is 10.7. The van der Waals surface area contributed by atoms with E-state index in [0.29, 0.717) is 16.8 Å². The van der Waals surface area contributed by atoms with Crippen molar-refractivity contribution in [2.75, 3.05) is 0 Å². The Morgan fingerprint density at radius 3 is 1.89 bits per heavy atom. The summed E-state index contributed by atoms with van der Waals surface area (Å²) >= 11 is 0. The average Bonchev–Trinajstić information content (AvgIpc) is 2.54. The standard InChI is InChI=1S/C21H26N2O4/c1-20(2,3)16-11-17(21(4,5)6)19(25)18(24)15(16)12-22-13-7-9-14(10-8-13)23(26)27/h7-12,24-25H,1-6H3. The Bertz CT molecular complexity index is 886. The molecule has 6 nitrogen and oxygen atoms in total. The molecule has 0 fully saturated rings. The Labute approximate surface area is 159 Å². The second kappa shape index (κ2) is 7.02. The van der Waals surface area contributed by atoms with Crippen molar-refractivity contribution in [3.63, 3.8) is 0 Å². The molecule has 2 aromatic rings. The van der Waals surface area contributed by atoms with Gasteiger partial charge in [-0.1, -0.05) is 47.6 Å². The number of nitro groups is 1. The van der Waals surface area contributed by atoms with Gasteiger partial charge in [-0.2, -0.15) is 0 Å². The number of non-ortho nitro benzene ring substituents is 1. The third kappa shape index (κ3) is 4.45. The maximum Gasteiger partial charge on any atom is 0.269 e. The van der Waals surface area contributed by atoms with Crippen LogP contribution in [0.1, 0.15) is 58.2 Å². The number of nitrogens with zero attached hydrogens (tertiary/aromatic N) is 2. The van der Waals surface area contributed by atoms with E-state index < -0.39 is 4.92 Å². The van der Waals surface area contributed by atoms with E-state index in [1.54, 1.807) is 0 Å². The highest BCUT2D eigenvalue weighted by molar-refractivity contribution is 5.89. The van der Waals surface area contributed by atoms with Crippen LogP contribution in [-0.2, 0) is 10.8 Å². The van der Waals surface area contributed by atoms with Crippen molar-refractivity contribution in [2.45, 2.75) is 52.4 Å². The van der Waals surface area contributed by atoms with Crippen molar-refractivity contribution in [3.05, 3.63) is 57.1 Å². The topological polar surface area (TPSA) is 96.0 Å². The van der Waals surface area contributed by atoms with Crippen LogP contribution in [0.3, 0.4) is 0 Å². The zero-order chi connectivity index (χ0) is 20.6. The molecular weight excluding hydrogens is 344 g/mol. The van der Waals surface area contributed by atoms with Gasteiger partial charge in [0.25, 0.3) is 5.69 Å². The van der Waals surface area contributed by atoms with Gasteiger partial charge >= 0.3 is 0 Å². The van der Waals surface area contributed by atoms with Gasteiger partial charge in [0, 0.05) is 29.5 Å². The van der Waals surface area contributed by atoms with Gasteiger partial charge in [0.2, 0.25) is 0 Å². The number of aliphatic imine (C=N–C) groups is 1. The van der Waals surface area contributed by atoms with Gasteiger partial charge in [0.05, 0.1) is 10.6 Å². The molecule has 0 aromatic heterocycles. The number of phenolic OH excluding ortho intramolecular Hbond substituents is 2. The van der Waals surface area contributed by atoms with Crippen LogP contribution in [0.4, 0.5) is 11.4 Å². The molecule has 0 atom stereocenters. The Balaban J connectivity index is 2.58. The molecule has 2 rings (SSSR count). The van der Waals surface area contributed by atoms with E-state index in [2.05, 4.69) is 4.99 Å². The Kier molecular flexibility index (Phi) is 5.31. The fourth-order valence-electron chi connectivity index (χ4n) is 2.80. The lowest BCUT2D eigenvalue weighted by molar-refractivity contribution is -0.384. The van der Waals surface area contributed by atoms with Crippen LogP contribution in [0.25, 0.3) is 0 Å². The number of aromatic hydroxyl groups is 2. The van der Waals surface area contributed by atoms with E-state index in [0.717, 1.165) is 5.56 Å². The number of hydrogen-bond acceptors (Lipinski definition) is 5. The van der Waals surface area contributed by atoms with Crippen molar-refractivity contribution in [1.82, 2.24) is 0 Å². The normalized spacial score (nSPS) is 12.5. The number of nitro benzene ring substituents is 1. The van der Waals surface area contributed by atoms with Crippen LogP contribution >= 0.6 is 0 Å². The van der Waals surface area contributed by atoms with Crippen LogP contribution < -0.4 is 0 Å². The minimum atomic E-state index is -0.472. The molecule has 0 aliphatic carbocycles. The summed E-state index contributed by atoms with van der Waals surface area (Å²) in [6.45, 7) is 12.0. The lowest BCUT2D eigenvalue weighted by atomic mass is 9.77. The number of benzene rings is 2. The molecule has 0 aliphatic heterocycles. The minimum Gasteiger partial charge on any atom is -0.504 e. The molecule has 0 radical (unpaired) electrons. The fraction of sp³-hybridized carbons (Fsp3) is 0.381. The third-order valence-corrected chi connectivity index (χ3v) is 4.33. The van der Waals surface area contributed by atoms with E-state index >= 15 is 0 Å². The summed E-state index contributed by atoms with van der Waals surface area (Å²) in [5, 5.41) is 31.9. The molecule has 0 aliphatic rings. The smallest absolute Gasteiger partial charge is 0.269 e. The second-order valence-electron chi connectivity index (χ2n) is 8.61. The van der Waals surface area contributed by atoms with Gasteiger partial charge in [-0.15, -0.1) is 0 Å². The molecule has 0 bridgehead atoms. The third-order valence-electron chi connectivity index (χ3n) is 4.33. The van der Waals surface area contributed by atoms with E-state index in [1.165, 1.54) is 30.5 Å². The lowest BCUT2D eigenvalue weighted by Gasteiger charge is -2.28. The predicted molar refractivity (Wildman–Crippen MR) is 108 cm³/mol. The monoisotopic (exact) mass is 370 g/mol. The summed E-state index contributed by atoms with van der Waals surface area (Å²) < 4.78 is 0. The average molecular weight is 370 g/mol. The summed E-state index contributed by atoms with van der Waals surface area (Å²) in [5.41, 5.74) is 1.83. The second-order valence-corrected chi connectivity index (χ2v) is 8.61. The van der Waals surface area contributed by atoms with Crippen LogP contribution in [0.2, 0.25) is 0 Å². The van der Waals surface area contributed by atoms with Crippen LogP contribution in [0.5, 0.6) is 11.5 Å². The molecule has 2 aromatic carbocycles. The van der Waals surface area contributed by atoms with Gasteiger partial charge in [-0.25, -0.2) is 0 Å². The van der Waals surface area contributed by atoms with Gasteiger partial charge < -0.3 is 10.2 Å².